The standard InChI is InChI=1S/C27H32Cl2N6O4/c1-6-22(36)33-18-12-39-13-19(18)34-27-31-11-15-9-17(32-16(26(15)35-27)7-8-30-14(2)3)23-24(28)20(37-4)10-21(38-5)25(23)29/h6,9-11,14,18-19,30H,1,7-8,12-13H2,2-5H3,(H,33,36)(H,31,34,35)/t18-,19+/m0/s1. The van der Waals surface area contributed by atoms with Gasteiger partial charge in [-0.1, -0.05) is 43.6 Å². The zero-order chi connectivity index (χ0) is 28.1. The summed E-state index contributed by atoms with van der Waals surface area (Å²) < 4.78 is 16.5. The lowest BCUT2D eigenvalue weighted by Crippen LogP contribution is -2.45. The van der Waals surface area contributed by atoms with Gasteiger partial charge < -0.3 is 30.2 Å². The van der Waals surface area contributed by atoms with Crippen LogP contribution in [0.25, 0.3) is 22.2 Å². The number of anilines is 1. The van der Waals surface area contributed by atoms with Crippen molar-refractivity contribution in [3.8, 4) is 22.8 Å². The summed E-state index contributed by atoms with van der Waals surface area (Å²) in [4.78, 5) is 26.1. The number of ether oxygens (including phenoxy) is 3. The first kappa shape index (κ1) is 28.8. The molecule has 2 aromatic heterocycles. The fourth-order valence-corrected chi connectivity index (χ4v) is 5.01. The van der Waals surface area contributed by atoms with Crippen molar-refractivity contribution in [2.24, 2.45) is 0 Å². The first-order chi connectivity index (χ1) is 18.7. The highest BCUT2D eigenvalue weighted by Crippen LogP contribution is 2.46. The van der Waals surface area contributed by atoms with E-state index in [2.05, 4.69) is 41.4 Å². The molecule has 0 bridgehead atoms. The average molecular weight is 575 g/mol. The van der Waals surface area contributed by atoms with E-state index in [1.807, 2.05) is 6.07 Å². The number of nitrogens with one attached hydrogen (secondary N) is 3. The fraction of sp³-hybridized carbons (Fsp3) is 0.407. The average Bonchev–Trinajstić information content (AvgIpc) is 3.34. The highest BCUT2D eigenvalue weighted by molar-refractivity contribution is 6.41. The van der Waals surface area contributed by atoms with Crippen molar-refractivity contribution in [1.82, 2.24) is 25.6 Å². The third-order valence-electron chi connectivity index (χ3n) is 6.29. The molecule has 1 aromatic carbocycles. The number of halogens is 2. The fourth-order valence-electron chi connectivity index (χ4n) is 4.31. The number of nitrogens with zero attached hydrogens (tertiary/aromatic N) is 3. The first-order valence-corrected chi connectivity index (χ1v) is 13.3. The molecule has 10 nitrogen and oxygen atoms in total. The Bertz CT molecular complexity index is 1340. The molecule has 3 N–H and O–H groups in total. The van der Waals surface area contributed by atoms with Crippen LogP contribution in [0.3, 0.4) is 0 Å². The lowest BCUT2D eigenvalue weighted by molar-refractivity contribution is -0.117. The summed E-state index contributed by atoms with van der Waals surface area (Å²) in [6, 6.07) is 3.35. The SMILES string of the molecule is C=CC(=O)N[C@H]1COC[C@H]1Nc1ncc2cc(-c3c(Cl)c(OC)cc(OC)c3Cl)nc(CCNC(C)C)c2n1. The van der Waals surface area contributed by atoms with Crippen molar-refractivity contribution in [3.63, 3.8) is 0 Å². The second-order valence-corrected chi connectivity index (χ2v) is 10.1. The molecule has 1 fully saturated rings. The molecule has 0 aliphatic carbocycles. The molecule has 0 unspecified atom stereocenters. The van der Waals surface area contributed by atoms with Crippen LogP contribution in [0.15, 0.2) is 31.0 Å². The van der Waals surface area contributed by atoms with Crippen LogP contribution in [0.1, 0.15) is 19.5 Å². The number of rotatable bonds is 11. The smallest absolute Gasteiger partial charge is 0.243 e. The van der Waals surface area contributed by atoms with E-state index < -0.39 is 0 Å². The molecular weight excluding hydrogens is 543 g/mol. The normalized spacial score (nSPS) is 16.9. The summed E-state index contributed by atoms with van der Waals surface area (Å²) in [5.74, 6) is 0.985. The largest absolute Gasteiger partial charge is 0.495 e. The Kier molecular flexibility index (Phi) is 9.45. The number of methoxy groups -OCH3 is 2. The number of amides is 1. The number of pyridine rings is 1. The number of fused-ring (bicyclic) bond motifs is 1. The predicted molar refractivity (Wildman–Crippen MR) is 153 cm³/mol. The van der Waals surface area contributed by atoms with Gasteiger partial charge in [-0.05, 0) is 12.1 Å². The van der Waals surface area contributed by atoms with Crippen LogP contribution in [-0.4, -0.2) is 73.0 Å². The minimum absolute atomic E-state index is 0.202. The maximum absolute atomic E-state index is 11.8. The number of carbonyl (C=O) groups is 1. The van der Waals surface area contributed by atoms with Crippen LogP contribution in [0, 0.1) is 0 Å². The van der Waals surface area contributed by atoms with Crippen LogP contribution < -0.4 is 25.4 Å². The van der Waals surface area contributed by atoms with Gasteiger partial charge in [-0.2, -0.15) is 0 Å². The minimum Gasteiger partial charge on any atom is -0.495 e. The summed E-state index contributed by atoms with van der Waals surface area (Å²) in [5.41, 5.74) is 2.49. The summed E-state index contributed by atoms with van der Waals surface area (Å²) in [6.07, 6.45) is 3.56. The number of benzene rings is 1. The monoisotopic (exact) mass is 574 g/mol. The maximum Gasteiger partial charge on any atom is 0.243 e. The van der Waals surface area contributed by atoms with E-state index in [0.29, 0.717) is 76.5 Å². The zero-order valence-corrected chi connectivity index (χ0v) is 23.8. The second-order valence-electron chi connectivity index (χ2n) is 9.34. The van der Waals surface area contributed by atoms with Crippen molar-refractivity contribution in [1.29, 1.82) is 0 Å². The Morgan fingerprint density at radius 2 is 1.85 bits per heavy atom. The molecule has 4 rings (SSSR count). The number of hydrogen-bond acceptors (Lipinski definition) is 9. The van der Waals surface area contributed by atoms with E-state index in [1.165, 1.54) is 20.3 Å². The molecule has 2 atom stereocenters. The quantitative estimate of drug-likeness (QED) is 0.291. The van der Waals surface area contributed by atoms with Crippen LogP contribution >= 0.6 is 23.2 Å². The number of aromatic nitrogens is 3. The highest BCUT2D eigenvalue weighted by Gasteiger charge is 2.30. The number of hydrogen-bond donors (Lipinski definition) is 3. The molecule has 1 amide bonds. The Morgan fingerprint density at radius 1 is 1.15 bits per heavy atom. The Morgan fingerprint density at radius 3 is 2.49 bits per heavy atom. The molecule has 208 valence electrons. The van der Waals surface area contributed by atoms with E-state index in [4.69, 9.17) is 47.4 Å². The molecule has 0 radical (unpaired) electrons. The summed E-state index contributed by atoms with van der Waals surface area (Å²) in [6.45, 7) is 9.15. The predicted octanol–water partition coefficient (Wildman–Crippen LogP) is 4.04. The van der Waals surface area contributed by atoms with Gasteiger partial charge >= 0.3 is 0 Å². The van der Waals surface area contributed by atoms with Crippen molar-refractivity contribution in [2.45, 2.75) is 38.4 Å². The van der Waals surface area contributed by atoms with E-state index in [-0.39, 0.29) is 18.0 Å². The molecule has 1 aliphatic rings. The van der Waals surface area contributed by atoms with Crippen LogP contribution in [0.2, 0.25) is 10.0 Å². The molecule has 0 spiro atoms. The Balaban J connectivity index is 1.76. The Hall–Kier alpha value is -3.18. The topological polar surface area (TPSA) is 120 Å². The van der Waals surface area contributed by atoms with E-state index in [9.17, 15) is 4.79 Å². The number of carbonyl (C=O) groups excluding carboxylic acids is 1. The molecule has 1 saturated heterocycles. The zero-order valence-electron chi connectivity index (χ0n) is 22.3. The van der Waals surface area contributed by atoms with Crippen molar-refractivity contribution >= 4 is 46.0 Å². The third kappa shape index (κ3) is 6.52. The third-order valence-corrected chi connectivity index (χ3v) is 7.04. The van der Waals surface area contributed by atoms with Crippen molar-refractivity contribution < 1.29 is 19.0 Å². The molecular formula is C27H32Cl2N6O4. The van der Waals surface area contributed by atoms with Gasteiger partial charge in [0.05, 0.1) is 66.5 Å². The van der Waals surface area contributed by atoms with Gasteiger partial charge in [0.2, 0.25) is 11.9 Å². The van der Waals surface area contributed by atoms with E-state index in [1.54, 1.807) is 12.3 Å². The van der Waals surface area contributed by atoms with Gasteiger partial charge in [0.25, 0.3) is 0 Å². The summed E-state index contributed by atoms with van der Waals surface area (Å²) in [7, 11) is 3.06. The van der Waals surface area contributed by atoms with Gasteiger partial charge in [0.1, 0.15) is 11.5 Å². The van der Waals surface area contributed by atoms with Crippen molar-refractivity contribution in [3.05, 3.63) is 46.7 Å². The van der Waals surface area contributed by atoms with E-state index >= 15 is 0 Å². The van der Waals surface area contributed by atoms with Crippen LogP contribution in [-0.2, 0) is 16.0 Å². The van der Waals surface area contributed by atoms with E-state index in [0.717, 1.165) is 11.1 Å². The first-order valence-electron chi connectivity index (χ1n) is 12.5. The summed E-state index contributed by atoms with van der Waals surface area (Å²) >= 11 is 13.4. The molecule has 0 saturated carbocycles. The van der Waals surface area contributed by atoms with Gasteiger partial charge in [0.15, 0.2) is 0 Å². The molecule has 3 heterocycles. The lowest BCUT2D eigenvalue weighted by Gasteiger charge is -2.20. The molecule has 12 heteroatoms. The van der Waals surface area contributed by atoms with Crippen LogP contribution in [0.5, 0.6) is 11.5 Å². The summed E-state index contributed by atoms with van der Waals surface area (Å²) in [5, 5.41) is 11.0. The van der Waals surface area contributed by atoms with Gasteiger partial charge in [0, 0.05) is 42.2 Å². The Labute approximate surface area is 237 Å². The molecule has 3 aromatic rings. The highest BCUT2D eigenvalue weighted by atomic mass is 35.5. The minimum atomic E-state index is -0.264. The van der Waals surface area contributed by atoms with Crippen LogP contribution in [0.4, 0.5) is 5.95 Å². The molecule has 39 heavy (non-hydrogen) atoms. The van der Waals surface area contributed by atoms with Gasteiger partial charge in [-0.15, -0.1) is 0 Å². The van der Waals surface area contributed by atoms with Gasteiger partial charge in [-0.3, -0.25) is 9.78 Å². The van der Waals surface area contributed by atoms with Crippen molar-refractivity contribution in [2.75, 3.05) is 39.3 Å². The van der Waals surface area contributed by atoms with Gasteiger partial charge in [-0.25, -0.2) is 9.97 Å². The lowest BCUT2D eigenvalue weighted by atomic mass is 10.1. The second kappa shape index (κ2) is 12.8. The molecule has 1 aliphatic heterocycles. The maximum atomic E-state index is 11.8.